The molecule has 1 unspecified atom stereocenters. The zero-order valence-electron chi connectivity index (χ0n) is 11.1. The van der Waals surface area contributed by atoms with E-state index in [1.807, 2.05) is 0 Å². The van der Waals surface area contributed by atoms with Crippen LogP contribution in [0.2, 0.25) is 0 Å². The SMILES string of the molecule is CC(NC(=O)NCCc1ncno1)c1nc(C(=O)O)cs1. The highest BCUT2D eigenvalue weighted by atomic mass is 32.1. The van der Waals surface area contributed by atoms with Crippen molar-refractivity contribution in [2.75, 3.05) is 6.54 Å². The highest BCUT2D eigenvalue weighted by Gasteiger charge is 2.15. The van der Waals surface area contributed by atoms with Gasteiger partial charge in [0.1, 0.15) is 5.01 Å². The summed E-state index contributed by atoms with van der Waals surface area (Å²) in [4.78, 5) is 30.2. The molecular formula is C11H13N5O4S. The largest absolute Gasteiger partial charge is 0.476 e. The van der Waals surface area contributed by atoms with E-state index in [4.69, 9.17) is 9.63 Å². The topological polar surface area (TPSA) is 130 Å². The fraction of sp³-hybridized carbons (Fsp3) is 0.364. The molecule has 112 valence electrons. The van der Waals surface area contributed by atoms with Crippen LogP contribution in [-0.2, 0) is 6.42 Å². The van der Waals surface area contributed by atoms with Gasteiger partial charge in [-0.05, 0) is 6.92 Å². The fourth-order valence-electron chi connectivity index (χ4n) is 1.48. The average Bonchev–Trinajstić information content (AvgIpc) is 3.09. The molecule has 0 bridgehead atoms. The van der Waals surface area contributed by atoms with Crippen LogP contribution in [0, 0.1) is 0 Å². The van der Waals surface area contributed by atoms with Gasteiger partial charge in [0.05, 0.1) is 6.04 Å². The second-order valence-electron chi connectivity index (χ2n) is 4.08. The van der Waals surface area contributed by atoms with Crippen LogP contribution in [0.15, 0.2) is 16.2 Å². The molecule has 10 heteroatoms. The van der Waals surface area contributed by atoms with E-state index in [9.17, 15) is 9.59 Å². The van der Waals surface area contributed by atoms with Crippen LogP contribution in [0.3, 0.4) is 0 Å². The number of carboxylic acid groups (broad SMARTS) is 1. The van der Waals surface area contributed by atoms with Crippen LogP contribution >= 0.6 is 11.3 Å². The van der Waals surface area contributed by atoms with Gasteiger partial charge in [0.2, 0.25) is 5.89 Å². The van der Waals surface area contributed by atoms with Crippen molar-refractivity contribution >= 4 is 23.3 Å². The predicted octanol–water partition coefficient (Wildman–Crippen LogP) is 0.827. The molecule has 0 saturated heterocycles. The molecule has 9 nitrogen and oxygen atoms in total. The Morgan fingerprint density at radius 2 is 2.33 bits per heavy atom. The summed E-state index contributed by atoms with van der Waals surface area (Å²) in [7, 11) is 0. The number of rotatable bonds is 6. The van der Waals surface area contributed by atoms with E-state index in [1.165, 1.54) is 23.0 Å². The summed E-state index contributed by atoms with van der Waals surface area (Å²) in [5.74, 6) is -0.650. The lowest BCUT2D eigenvalue weighted by Crippen LogP contribution is -2.38. The van der Waals surface area contributed by atoms with Crippen molar-refractivity contribution in [2.45, 2.75) is 19.4 Å². The maximum Gasteiger partial charge on any atom is 0.355 e. The van der Waals surface area contributed by atoms with Crippen molar-refractivity contribution in [3.63, 3.8) is 0 Å². The fourth-order valence-corrected chi connectivity index (χ4v) is 2.28. The van der Waals surface area contributed by atoms with Gasteiger partial charge in [0, 0.05) is 18.3 Å². The van der Waals surface area contributed by atoms with Gasteiger partial charge in [-0.3, -0.25) is 0 Å². The van der Waals surface area contributed by atoms with Crippen molar-refractivity contribution in [1.82, 2.24) is 25.8 Å². The van der Waals surface area contributed by atoms with Gasteiger partial charge in [0.25, 0.3) is 0 Å². The molecule has 0 aromatic carbocycles. The standard InChI is InChI=1S/C11H13N5O4S/c1-6(9-16-7(4-21-9)10(17)18)15-11(19)12-3-2-8-13-5-14-20-8/h4-6H,2-3H2,1H3,(H,17,18)(H2,12,15,19). The van der Waals surface area contributed by atoms with Gasteiger partial charge in [-0.25, -0.2) is 14.6 Å². The normalized spacial score (nSPS) is 11.9. The van der Waals surface area contributed by atoms with E-state index in [0.29, 0.717) is 23.9 Å². The van der Waals surface area contributed by atoms with Crippen LogP contribution < -0.4 is 10.6 Å². The molecule has 0 fully saturated rings. The van der Waals surface area contributed by atoms with Gasteiger partial charge in [-0.15, -0.1) is 11.3 Å². The third kappa shape index (κ3) is 4.24. The molecule has 0 aliphatic heterocycles. The van der Waals surface area contributed by atoms with Crippen molar-refractivity contribution in [3.05, 3.63) is 28.3 Å². The molecule has 2 aromatic heterocycles. The number of carboxylic acids is 1. The number of nitrogens with zero attached hydrogens (tertiary/aromatic N) is 3. The predicted molar refractivity (Wildman–Crippen MR) is 72.0 cm³/mol. The molecule has 0 aliphatic rings. The van der Waals surface area contributed by atoms with Crippen LogP contribution in [0.25, 0.3) is 0 Å². The number of hydrogen-bond acceptors (Lipinski definition) is 7. The summed E-state index contributed by atoms with van der Waals surface area (Å²) in [6.45, 7) is 2.07. The van der Waals surface area contributed by atoms with Gasteiger partial charge in [-0.1, -0.05) is 5.16 Å². The Morgan fingerprint density at radius 3 is 2.95 bits per heavy atom. The third-order valence-electron chi connectivity index (χ3n) is 2.49. The first-order valence-electron chi connectivity index (χ1n) is 6.05. The average molecular weight is 311 g/mol. The summed E-state index contributed by atoms with van der Waals surface area (Å²) in [5, 5.41) is 19.5. The molecule has 0 saturated carbocycles. The lowest BCUT2D eigenvalue weighted by atomic mass is 10.3. The first-order valence-corrected chi connectivity index (χ1v) is 6.93. The number of urea groups is 1. The molecular weight excluding hydrogens is 298 g/mol. The first-order chi connectivity index (χ1) is 10.1. The molecule has 21 heavy (non-hydrogen) atoms. The maximum atomic E-state index is 11.7. The lowest BCUT2D eigenvalue weighted by Gasteiger charge is -2.11. The van der Waals surface area contributed by atoms with E-state index >= 15 is 0 Å². The number of carbonyl (C=O) groups excluding carboxylic acids is 1. The van der Waals surface area contributed by atoms with Crippen LogP contribution in [0.5, 0.6) is 0 Å². The maximum absolute atomic E-state index is 11.7. The zero-order chi connectivity index (χ0) is 15.2. The monoisotopic (exact) mass is 311 g/mol. The van der Waals surface area contributed by atoms with Gasteiger partial charge in [-0.2, -0.15) is 4.98 Å². The van der Waals surface area contributed by atoms with E-state index in [-0.39, 0.29) is 17.8 Å². The number of aromatic nitrogens is 3. The number of thiazole rings is 1. The highest BCUT2D eigenvalue weighted by Crippen LogP contribution is 2.17. The Morgan fingerprint density at radius 1 is 1.52 bits per heavy atom. The molecule has 3 N–H and O–H groups in total. The lowest BCUT2D eigenvalue weighted by molar-refractivity contribution is 0.0691. The van der Waals surface area contributed by atoms with Crippen molar-refractivity contribution in [3.8, 4) is 0 Å². The Bertz CT molecular complexity index is 612. The smallest absolute Gasteiger partial charge is 0.355 e. The molecule has 2 heterocycles. The third-order valence-corrected chi connectivity index (χ3v) is 3.52. The van der Waals surface area contributed by atoms with E-state index in [2.05, 4.69) is 25.8 Å². The number of aromatic carboxylic acids is 1. The summed E-state index contributed by atoms with van der Waals surface area (Å²) in [6.07, 6.45) is 1.72. The number of carbonyl (C=O) groups is 2. The Balaban J connectivity index is 1.77. The minimum absolute atomic E-state index is 0.0274. The van der Waals surface area contributed by atoms with Gasteiger partial charge in [0.15, 0.2) is 12.0 Å². The van der Waals surface area contributed by atoms with Crippen LogP contribution in [0.4, 0.5) is 4.79 Å². The van der Waals surface area contributed by atoms with E-state index in [1.54, 1.807) is 6.92 Å². The van der Waals surface area contributed by atoms with Crippen molar-refractivity contribution in [1.29, 1.82) is 0 Å². The first kappa shape index (κ1) is 14.9. The van der Waals surface area contributed by atoms with Gasteiger partial charge < -0.3 is 20.3 Å². The Labute approximate surface area is 123 Å². The molecule has 0 spiro atoms. The van der Waals surface area contributed by atoms with Gasteiger partial charge >= 0.3 is 12.0 Å². The minimum Gasteiger partial charge on any atom is -0.476 e. The molecule has 1 atom stereocenters. The Kier molecular flexibility index (Phi) is 4.82. The highest BCUT2D eigenvalue weighted by molar-refractivity contribution is 7.09. The van der Waals surface area contributed by atoms with Crippen molar-refractivity contribution in [2.24, 2.45) is 0 Å². The molecule has 2 amide bonds. The van der Waals surface area contributed by atoms with Crippen LogP contribution in [-0.4, -0.2) is 38.8 Å². The van der Waals surface area contributed by atoms with Crippen LogP contribution in [0.1, 0.15) is 34.4 Å². The Hall–Kier alpha value is -2.49. The van der Waals surface area contributed by atoms with E-state index < -0.39 is 5.97 Å². The van der Waals surface area contributed by atoms with Crippen molar-refractivity contribution < 1.29 is 19.2 Å². The molecule has 2 aromatic rings. The minimum atomic E-state index is -1.09. The quantitative estimate of drug-likeness (QED) is 0.720. The molecule has 0 radical (unpaired) electrons. The summed E-state index contributed by atoms with van der Waals surface area (Å²) in [5.41, 5.74) is -0.0274. The molecule has 2 rings (SSSR count). The summed E-state index contributed by atoms with van der Waals surface area (Å²) < 4.78 is 4.79. The number of amides is 2. The second kappa shape index (κ2) is 6.79. The second-order valence-corrected chi connectivity index (χ2v) is 4.97. The summed E-state index contributed by atoms with van der Waals surface area (Å²) >= 11 is 1.18. The van der Waals surface area contributed by atoms with E-state index in [0.717, 1.165) is 0 Å². The number of hydrogen-bond donors (Lipinski definition) is 3. The summed E-state index contributed by atoms with van der Waals surface area (Å²) in [6, 6.07) is -0.763. The zero-order valence-corrected chi connectivity index (χ0v) is 11.9. The molecule has 0 aliphatic carbocycles. The number of nitrogens with one attached hydrogen (secondary N) is 2.